The maximum atomic E-state index is 13.1. The Hall–Kier alpha value is -2.71. The maximum Gasteiger partial charge on any atom is 0.245 e. The Bertz CT molecular complexity index is 1010. The van der Waals surface area contributed by atoms with E-state index in [4.69, 9.17) is 0 Å². The lowest BCUT2D eigenvalue weighted by molar-refractivity contribution is -0.125. The summed E-state index contributed by atoms with van der Waals surface area (Å²) in [4.78, 5) is 27.0. The van der Waals surface area contributed by atoms with Crippen LogP contribution in [0.15, 0.2) is 59.5 Å². The third-order valence-electron chi connectivity index (χ3n) is 5.13. The summed E-state index contributed by atoms with van der Waals surface area (Å²) < 4.78 is 27.4. The van der Waals surface area contributed by atoms with Gasteiger partial charge in [-0.05, 0) is 30.5 Å². The Labute approximate surface area is 164 Å². The molecule has 28 heavy (non-hydrogen) atoms. The molecule has 0 aliphatic carbocycles. The van der Waals surface area contributed by atoms with Gasteiger partial charge in [-0.15, -0.1) is 0 Å². The standard InChI is InChI=1S/C20H21N3O4S/c24-19(21-13-15-7-2-1-3-8-15)14-22-16-9-4-5-11-18(16)28(26,27)23-12-6-10-17(23)20(22)25/h1-5,7-9,11,17H,6,10,12-14H2,(H,21,24)/t17-/m1/s1. The molecular formula is C20H21N3O4S. The van der Waals surface area contributed by atoms with Crippen LogP contribution >= 0.6 is 0 Å². The summed E-state index contributed by atoms with van der Waals surface area (Å²) in [7, 11) is -3.77. The van der Waals surface area contributed by atoms with Gasteiger partial charge in [0, 0.05) is 13.1 Å². The number of rotatable bonds is 4. The third kappa shape index (κ3) is 3.29. The minimum Gasteiger partial charge on any atom is -0.350 e. The highest BCUT2D eigenvalue weighted by atomic mass is 32.2. The van der Waals surface area contributed by atoms with Gasteiger partial charge in [0.1, 0.15) is 17.5 Å². The second-order valence-corrected chi connectivity index (χ2v) is 8.79. The van der Waals surface area contributed by atoms with Crippen molar-refractivity contribution in [2.45, 2.75) is 30.3 Å². The van der Waals surface area contributed by atoms with Gasteiger partial charge < -0.3 is 10.2 Å². The van der Waals surface area contributed by atoms with E-state index in [9.17, 15) is 18.0 Å². The molecule has 1 N–H and O–H groups in total. The largest absolute Gasteiger partial charge is 0.350 e. The maximum absolute atomic E-state index is 13.1. The quantitative estimate of drug-likeness (QED) is 0.844. The van der Waals surface area contributed by atoms with E-state index in [0.717, 1.165) is 5.56 Å². The van der Waals surface area contributed by atoms with Crippen molar-refractivity contribution in [2.75, 3.05) is 18.0 Å². The molecule has 7 nitrogen and oxygen atoms in total. The van der Waals surface area contributed by atoms with E-state index in [1.54, 1.807) is 18.2 Å². The number of hydrogen-bond acceptors (Lipinski definition) is 4. The molecule has 0 unspecified atom stereocenters. The van der Waals surface area contributed by atoms with Crippen LogP contribution in [0.1, 0.15) is 18.4 Å². The number of para-hydroxylation sites is 1. The molecule has 1 atom stereocenters. The molecule has 2 aromatic carbocycles. The van der Waals surface area contributed by atoms with Gasteiger partial charge in [-0.25, -0.2) is 8.42 Å². The van der Waals surface area contributed by atoms with Gasteiger partial charge in [-0.2, -0.15) is 4.31 Å². The van der Waals surface area contributed by atoms with Gasteiger partial charge in [0.05, 0.1) is 5.69 Å². The highest BCUT2D eigenvalue weighted by molar-refractivity contribution is 7.89. The molecule has 0 spiro atoms. The molecule has 8 heteroatoms. The number of anilines is 1. The molecule has 0 bridgehead atoms. The summed E-state index contributed by atoms with van der Waals surface area (Å²) >= 11 is 0. The average molecular weight is 399 g/mol. The zero-order valence-corrected chi connectivity index (χ0v) is 16.1. The van der Waals surface area contributed by atoms with Crippen molar-refractivity contribution in [1.82, 2.24) is 9.62 Å². The lowest BCUT2D eigenvalue weighted by Gasteiger charge is -2.24. The van der Waals surface area contributed by atoms with Crippen LogP contribution in [0.25, 0.3) is 0 Å². The summed E-state index contributed by atoms with van der Waals surface area (Å²) in [5.74, 6) is -0.684. The first-order valence-electron chi connectivity index (χ1n) is 9.21. The molecule has 2 aliphatic rings. The molecular weight excluding hydrogens is 378 g/mol. The minimum absolute atomic E-state index is 0.0728. The van der Waals surface area contributed by atoms with Crippen molar-refractivity contribution in [3.63, 3.8) is 0 Å². The summed E-state index contributed by atoms with van der Waals surface area (Å²) in [6, 6.07) is 15.1. The van der Waals surface area contributed by atoms with Crippen molar-refractivity contribution in [1.29, 1.82) is 0 Å². The van der Waals surface area contributed by atoms with Crippen LogP contribution in [0.2, 0.25) is 0 Å². The molecule has 2 heterocycles. The predicted molar refractivity (Wildman–Crippen MR) is 104 cm³/mol. The molecule has 146 valence electrons. The number of benzene rings is 2. The molecule has 0 radical (unpaired) electrons. The van der Waals surface area contributed by atoms with Crippen LogP contribution in [0.3, 0.4) is 0 Å². The summed E-state index contributed by atoms with van der Waals surface area (Å²) in [5.41, 5.74) is 1.21. The van der Waals surface area contributed by atoms with Crippen LogP contribution in [0, 0.1) is 0 Å². The van der Waals surface area contributed by atoms with E-state index in [-0.39, 0.29) is 28.9 Å². The fraction of sp³-hybridized carbons (Fsp3) is 0.300. The number of carbonyl (C=O) groups excluding carboxylic acids is 2. The number of carbonyl (C=O) groups is 2. The summed E-state index contributed by atoms with van der Waals surface area (Å²) in [6.07, 6.45) is 1.10. The van der Waals surface area contributed by atoms with Crippen molar-refractivity contribution in [2.24, 2.45) is 0 Å². The predicted octanol–water partition coefficient (Wildman–Crippen LogP) is 1.50. The fourth-order valence-electron chi connectivity index (χ4n) is 3.76. The SMILES string of the molecule is O=C(CN1C(=O)[C@H]2CCCN2S(=O)(=O)c2ccccc21)NCc1ccccc1. The van der Waals surface area contributed by atoms with E-state index < -0.39 is 16.1 Å². The normalized spacial score (nSPS) is 20.9. The van der Waals surface area contributed by atoms with Crippen LogP contribution in [-0.2, 0) is 26.2 Å². The molecule has 2 amide bonds. The first kappa shape index (κ1) is 18.6. The number of nitrogens with zero attached hydrogens (tertiary/aromatic N) is 2. The van der Waals surface area contributed by atoms with Crippen molar-refractivity contribution in [3.05, 3.63) is 60.2 Å². The lowest BCUT2D eigenvalue weighted by atomic mass is 10.1. The van der Waals surface area contributed by atoms with Crippen molar-refractivity contribution >= 4 is 27.5 Å². The van der Waals surface area contributed by atoms with E-state index in [0.29, 0.717) is 25.9 Å². The number of hydrogen-bond donors (Lipinski definition) is 1. The van der Waals surface area contributed by atoms with Gasteiger partial charge in [0.25, 0.3) is 0 Å². The Morgan fingerprint density at radius 3 is 2.57 bits per heavy atom. The van der Waals surface area contributed by atoms with Crippen LogP contribution in [-0.4, -0.2) is 43.7 Å². The third-order valence-corrected chi connectivity index (χ3v) is 7.09. The first-order valence-corrected chi connectivity index (χ1v) is 10.7. The van der Waals surface area contributed by atoms with Crippen molar-refractivity contribution in [3.8, 4) is 0 Å². The van der Waals surface area contributed by atoms with Gasteiger partial charge >= 0.3 is 0 Å². The van der Waals surface area contributed by atoms with Gasteiger partial charge in [0.2, 0.25) is 21.8 Å². The van der Waals surface area contributed by atoms with Gasteiger partial charge in [-0.3, -0.25) is 9.59 Å². The van der Waals surface area contributed by atoms with Gasteiger partial charge in [0.15, 0.2) is 0 Å². The first-order chi connectivity index (χ1) is 13.5. The highest BCUT2D eigenvalue weighted by Gasteiger charge is 2.46. The van der Waals surface area contributed by atoms with Gasteiger partial charge in [-0.1, -0.05) is 42.5 Å². The number of amides is 2. The monoisotopic (exact) mass is 399 g/mol. The second kappa shape index (κ2) is 7.37. The minimum atomic E-state index is -3.77. The zero-order valence-electron chi connectivity index (χ0n) is 15.2. The summed E-state index contributed by atoms with van der Waals surface area (Å²) in [6.45, 7) is 0.445. The smallest absolute Gasteiger partial charge is 0.245 e. The topological polar surface area (TPSA) is 86.8 Å². The van der Waals surface area contributed by atoms with E-state index >= 15 is 0 Å². The molecule has 1 fully saturated rings. The van der Waals surface area contributed by atoms with Crippen LogP contribution in [0.4, 0.5) is 5.69 Å². The molecule has 1 saturated heterocycles. The molecule has 0 saturated carbocycles. The Morgan fingerprint density at radius 1 is 1.07 bits per heavy atom. The molecule has 2 aliphatic heterocycles. The zero-order chi connectivity index (χ0) is 19.7. The molecule has 4 rings (SSSR count). The fourth-order valence-corrected chi connectivity index (χ4v) is 5.60. The highest BCUT2D eigenvalue weighted by Crippen LogP contribution is 2.36. The van der Waals surface area contributed by atoms with Crippen LogP contribution < -0.4 is 10.2 Å². The molecule has 0 aromatic heterocycles. The average Bonchev–Trinajstić information content (AvgIpc) is 3.19. The van der Waals surface area contributed by atoms with Crippen molar-refractivity contribution < 1.29 is 18.0 Å². The molecule has 2 aromatic rings. The Kier molecular flexibility index (Phi) is 4.91. The lowest BCUT2D eigenvalue weighted by Crippen LogP contribution is -2.48. The van der Waals surface area contributed by atoms with E-state index in [1.165, 1.54) is 15.3 Å². The Morgan fingerprint density at radius 2 is 1.79 bits per heavy atom. The number of nitrogens with one attached hydrogen (secondary N) is 1. The second-order valence-electron chi connectivity index (χ2n) is 6.93. The van der Waals surface area contributed by atoms with Crippen LogP contribution in [0.5, 0.6) is 0 Å². The van der Waals surface area contributed by atoms with E-state index in [2.05, 4.69) is 5.32 Å². The number of fused-ring (bicyclic) bond motifs is 2. The Balaban J connectivity index is 1.61. The number of sulfonamides is 1. The summed E-state index contributed by atoms with van der Waals surface area (Å²) in [5, 5.41) is 2.80. The van der Waals surface area contributed by atoms with E-state index in [1.807, 2.05) is 30.3 Å².